The number of para-hydroxylation sites is 1. The summed E-state index contributed by atoms with van der Waals surface area (Å²) in [5.74, 6) is 0. The first kappa shape index (κ1) is 13.0. The lowest BCUT2D eigenvalue weighted by Crippen LogP contribution is -1.80. The van der Waals surface area contributed by atoms with Crippen LogP contribution < -0.4 is 0 Å². The number of rotatable bonds is 0. The van der Waals surface area contributed by atoms with Crippen LogP contribution in [0.15, 0.2) is 89.3 Å². The normalized spacial score (nSPS) is 12.0. The van der Waals surface area contributed by atoms with Gasteiger partial charge in [-0.2, -0.15) is 0 Å². The van der Waals surface area contributed by atoms with Gasteiger partial charge >= 0.3 is 0 Å². The number of hydrogen-bond donors (Lipinski definition) is 0. The molecule has 0 spiro atoms. The largest absolute Gasteiger partial charge is 0.456 e. The number of furan rings is 1. The van der Waals surface area contributed by atoms with Gasteiger partial charge in [-0.25, -0.2) is 0 Å². The van der Waals surface area contributed by atoms with Gasteiger partial charge < -0.3 is 4.42 Å². The maximum Gasteiger partial charge on any atom is 0.136 e. The van der Waals surface area contributed by atoms with Crippen molar-refractivity contribution < 1.29 is 4.42 Å². The van der Waals surface area contributed by atoms with Crippen LogP contribution in [0.5, 0.6) is 0 Å². The van der Waals surface area contributed by atoms with Gasteiger partial charge in [0.25, 0.3) is 0 Å². The van der Waals surface area contributed by atoms with Crippen molar-refractivity contribution in [2.24, 2.45) is 0 Å². The summed E-state index contributed by atoms with van der Waals surface area (Å²) in [4.78, 5) is 0. The quantitative estimate of drug-likeness (QED) is 0.274. The van der Waals surface area contributed by atoms with Crippen LogP contribution in [-0.2, 0) is 0 Å². The van der Waals surface area contributed by atoms with E-state index in [1.807, 2.05) is 12.1 Å². The van der Waals surface area contributed by atoms with Crippen LogP contribution in [0.4, 0.5) is 0 Å². The van der Waals surface area contributed by atoms with Crippen molar-refractivity contribution in [1.82, 2.24) is 0 Å². The molecule has 0 aliphatic rings. The van der Waals surface area contributed by atoms with E-state index in [0.717, 1.165) is 11.2 Å². The fourth-order valence-corrected chi connectivity index (χ4v) is 3.99. The van der Waals surface area contributed by atoms with E-state index in [4.69, 9.17) is 4.42 Å². The van der Waals surface area contributed by atoms with E-state index in [2.05, 4.69) is 72.8 Å². The molecule has 25 heavy (non-hydrogen) atoms. The first-order chi connectivity index (χ1) is 12.4. The number of fused-ring (bicyclic) bond motifs is 7. The molecule has 0 radical (unpaired) electrons. The van der Waals surface area contributed by atoms with Crippen LogP contribution in [0.1, 0.15) is 0 Å². The molecular weight excluding hydrogens is 304 g/mol. The van der Waals surface area contributed by atoms with Crippen LogP contribution in [0.3, 0.4) is 0 Å². The highest BCUT2D eigenvalue weighted by molar-refractivity contribution is 6.21. The molecule has 116 valence electrons. The Morgan fingerprint density at radius 1 is 0.440 bits per heavy atom. The first-order valence-corrected chi connectivity index (χ1v) is 8.53. The van der Waals surface area contributed by atoms with Gasteiger partial charge in [-0.3, -0.25) is 0 Å². The van der Waals surface area contributed by atoms with Gasteiger partial charge in [0.1, 0.15) is 11.2 Å². The third-order valence-corrected chi connectivity index (χ3v) is 5.18. The van der Waals surface area contributed by atoms with Crippen LogP contribution in [0.25, 0.3) is 54.3 Å². The zero-order chi connectivity index (χ0) is 16.4. The van der Waals surface area contributed by atoms with Crippen molar-refractivity contribution in [2.45, 2.75) is 0 Å². The van der Waals surface area contributed by atoms with Gasteiger partial charge in [0, 0.05) is 10.8 Å². The average molecular weight is 318 g/mol. The molecule has 6 aromatic rings. The van der Waals surface area contributed by atoms with Crippen molar-refractivity contribution in [3.63, 3.8) is 0 Å². The maximum atomic E-state index is 6.04. The molecule has 0 bridgehead atoms. The minimum absolute atomic E-state index is 0.948. The Bertz CT molecular complexity index is 1440. The summed E-state index contributed by atoms with van der Waals surface area (Å²) >= 11 is 0. The summed E-state index contributed by atoms with van der Waals surface area (Å²) < 4.78 is 6.04. The molecule has 1 heterocycles. The molecule has 0 N–H and O–H groups in total. The molecule has 0 aliphatic heterocycles. The summed E-state index contributed by atoms with van der Waals surface area (Å²) in [5, 5.41) is 10.0. The van der Waals surface area contributed by atoms with Crippen LogP contribution in [0.2, 0.25) is 0 Å². The molecule has 0 fully saturated rings. The Morgan fingerprint density at radius 3 is 1.96 bits per heavy atom. The third-order valence-electron chi connectivity index (χ3n) is 5.18. The van der Waals surface area contributed by atoms with Crippen molar-refractivity contribution in [3.05, 3.63) is 84.9 Å². The minimum Gasteiger partial charge on any atom is -0.456 e. The molecule has 0 saturated carbocycles. The molecule has 0 aliphatic carbocycles. The molecular formula is C24H14O. The molecule has 1 nitrogen and oxygen atoms in total. The fraction of sp³-hybridized carbons (Fsp3) is 0. The zero-order valence-corrected chi connectivity index (χ0v) is 13.5. The van der Waals surface area contributed by atoms with Gasteiger partial charge in [0.2, 0.25) is 0 Å². The Balaban J connectivity index is 1.83. The maximum absolute atomic E-state index is 6.04. The lowest BCUT2D eigenvalue weighted by Gasteiger charge is -2.06. The lowest BCUT2D eigenvalue weighted by atomic mass is 9.97. The zero-order valence-electron chi connectivity index (χ0n) is 13.5. The van der Waals surface area contributed by atoms with Crippen LogP contribution in [0, 0.1) is 0 Å². The summed E-state index contributed by atoms with van der Waals surface area (Å²) in [6.07, 6.45) is 0. The topological polar surface area (TPSA) is 13.1 Å². The van der Waals surface area contributed by atoms with Crippen molar-refractivity contribution >= 4 is 54.3 Å². The summed E-state index contributed by atoms with van der Waals surface area (Å²) in [5.41, 5.74) is 1.90. The lowest BCUT2D eigenvalue weighted by molar-refractivity contribution is 0.669. The van der Waals surface area contributed by atoms with Crippen molar-refractivity contribution in [3.8, 4) is 0 Å². The number of hydrogen-bond acceptors (Lipinski definition) is 1. The predicted octanol–water partition coefficient (Wildman–Crippen LogP) is 7.05. The number of benzene rings is 5. The van der Waals surface area contributed by atoms with Crippen molar-refractivity contribution in [2.75, 3.05) is 0 Å². The Hall–Kier alpha value is -3.32. The Morgan fingerprint density at radius 2 is 1.12 bits per heavy atom. The van der Waals surface area contributed by atoms with E-state index in [9.17, 15) is 0 Å². The third kappa shape index (κ3) is 1.78. The summed E-state index contributed by atoms with van der Waals surface area (Å²) in [7, 11) is 0. The van der Waals surface area contributed by atoms with Crippen molar-refractivity contribution in [1.29, 1.82) is 0 Å². The Kier molecular flexibility index (Phi) is 2.40. The van der Waals surface area contributed by atoms with Gasteiger partial charge in [-0.15, -0.1) is 0 Å². The fourth-order valence-electron chi connectivity index (χ4n) is 3.99. The van der Waals surface area contributed by atoms with E-state index in [0.29, 0.717) is 0 Å². The summed E-state index contributed by atoms with van der Waals surface area (Å²) in [6, 6.07) is 30.2. The highest BCUT2D eigenvalue weighted by Crippen LogP contribution is 2.36. The molecule has 5 aromatic carbocycles. The highest BCUT2D eigenvalue weighted by atomic mass is 16.3. The van der Waals surface area contributed by atoms with E-state index in [-0.39, 0.29) is 0 Å². The molecule has 0 atom stereocenters. The SMILES string of the molecule is c1ccc2cc3cc4c(ccc5oc6ccccc6c54)cc3cc2c1. The molecule has 0 saturated heterocycles. The minimum atomic E-state index is 0.948. The van der Waals surface area contributed by atoms with Gasteiger partial charge in [-0.1, -0.05) is 48.5 Å². The summed E-state index contributed by atoms with van der Waals surface area (Å²) in [6.45, 7) is 0. The smallest absolute Gasteiger partial charge is 0.136 e. The van der Waals surface area contributed by atoms with Gasteiger partial charge in [-0.05, 0) is 68.7 Å². The predicted molar refractivity (Wildman–Crippen MR) is 106 cm³/mol. The molecule has 1 heteroatoms. The molecule has 6 rings (SSSR count). The molecule has 1 aromatic heterocycles. The van der Waals surface area contributed by atoms with Crippen LogP contribution in [-0.4, -0.2) is 0 Å². The Labute approximate surface area is 144 Å². The second-order valence-electron chi connectivity index (χ2n) is 6.66. The van der Waals surface area contributed by atoms with Crippen LogP contribution >= 0.6 is 0 Å². The average Bonchev–Trinajstić information content (AvgIpc) is 3.04. The first-order valence-electron chi connectivity index (χ1n) is 8.53. The monoisotopic (exact) mass is 318 g/mol. The highest BCUT2D eigenvalue weighted by Gasteiger charge is 2.11. The van der Waals surface area contributed by atoms with E-state index < -0.39 is 0 Å². The second kappa shape index (κ2) is 4.61. The molecule has 0 unspecified atom stereocenters. The second-order valence-corrected chi connectivity index (χ2v) is 6.66. The van der Waals surface area contributed by atoms with E-state index in [1.165, 1.54) is 43.1 Å². The van der Waals surface area contributed by atoms with Gasteiger partial charge in [0.15, 0.2) is 0 Å². The van der Waals surface area contributed by atoms with E-state index in [1.54, 1.807) is 0 Å². The molecule has 0 amide bonds. The van der Waals surface area contributed by atoms with Gasteiger partial charge in [0.05, 0.1) is 0 Å². The van der Waals surface area contributed by atoms with E-state index >= 15 is 0 Å². The standard InChI is InChI=1S/C24H14O/c1-2-6-16-12-19-14-21-17(13-18(19)11-15(16)5-1)9-10-23-24(21)20-7-3-4-8-22(20)25-23/h1-14H.